The lowest BCUT2D eigenvalue weighted by Gasteiger charge is -2.13. The molecule has 0 radical (unpaired) electrons. The highest BCUT2D eigenvalue weighted by Crippen LogP contribution is 2.28. The van der Waals surface area contributed by atoms with Crippen molar-refractivity contribution in [1.29, 1.82) is 0 Å². The molecule has 0 bridgehead atoms. The fourth-order valence-electron chi connectivity index (χ4n) is 1.96. The summed E-state index contributed by atoms with van der Waals surface area (Å²) < 4.78 is 15.5. The van der Waals surface area contributed by atoms with Crippen molar-refractivity contribution >= 4 is 17.8 Å². The van der Waals surface area contributed by atoms with Gasteiger partial charge in [0.1, 0.15) is 6.04 Å². The van der Waals surface area contributed by atoms with Gasteiger partial charge >= 0.3 is 5.97 Å². The molecule has 0 fully saturated rings. The zero-order chi connectivity index (χ0) is 18.8. The number of hydrogen-bond acceptors (Lipinski definition) is 6. The van der Waals surface area contributed by atoms with Crippen LogP contribution in [0.1, 0.15) is 31.1 Å². The third-order valence-corrected chi connectivity index (χ3v) is 3.16. The molecule has 0 aliphatic heterocycles. The molecular weight excluding hydrogens is 328 g/mol. The highest BCUT2D eigenvalue weighted by Gasteiger charge is 2.17. The second-order valence-electron chi connectivity index (χ2n) is 5.06. The smallest absolute Gasteiger partial charge is 0.338 e. The summed E-state index contributed by atoms with van der Waals surface area (Å²) in [7, 11) is 1.46. The topological polar surface area (TPSA) is 103 Å². The van der Waals surface area contributed by atoms with Crippen molar-refractivity contribution in [2.45, 2.75) is 26.8 Å². The van der Waals surface area contributed by atoms with Gasteiger partial charge < -0.3 is 24.8 Å². The first-order chi connectivity index (χ1) is 11.9. The van der Waals surface area contributed by atoms with E-state index in [4.69, 9.17) is 14.2 Å². The number of carbonyl (C=O) groups is 3. The van der Waals surface area contributed by atoms with E-state index >= 15 is 0 Å². The average molecular weight is 352 g/mol. The van der Waals surface area contributed by atoms with Gasteiger partial charge in [-0.15, -0.1) is 0 Å². The Bertz CT molecular complexity index is 617. The van der Waals surface area contributed by atoms with Gasteiger partial charge in [-0.1, -0.05) is 0 Å². The standard InChI is InChI=1S/C17H24N2O6/c1-5-18-16(21)11(3)19-15(20)10-25-17(22)12-7-8-13(24-6-2)14(9-12)23-4/h7-9,11H,5-6,10H2,1-4H3,(H,18,21)(H,19,20)/t11-/m0/s1. The Balaban J connectivity index is 2.59. The molecule has 0 unspecified atom stereocenters. The fraction of sp³-hybridized carbons (Fsp3) is 0.471. The van der Waals surface area contributed by atoms with E-state index in [9.17, 15) is 14.4 Å². The molecule has 1 aromatic carbocycles. The van der Waals surface area contributed by atoms with Crippen LogP contribution >= 0.6 is 0 Å². The number of hydrogen-bond donors (Lipinski definition) is 2. The van der Waals surface area contributed by atoms with E-state index in [-0.39, 0.29) is 11.5 Å². The molecule has 0 saturated heterocycles. The lowest BCUT2D eigenvalue weighted by Crippen LogP contribution is -2.46. The molecule has 8 nitrogen and oxygen atoms in total. The Labute approximate surface area is 146 Å². The van der Waals surface area contributed by atoms with Crippen LogP contribution in [0, 0.1) is 0 Å². The Kier molecular flexibility index (Phi) is 8.25. The van der Waals surface area contributed by atoms with Crippen molar-refractivity contribution in [3.8, 4) is 11.5 Å². The first-order valence-electron chi connectivity index (χ1n) is 7.97. The molecule has 25 heavy (non-hydrogen) atoms. The normalized spacial score (nSPS) is 11.2. The van der Waals surface area contributed by atoms with Crippen LogP contribution in [0.5, 0.6) is 11.5 Å². The van der Waals surface area contributed by atoms with Crippen LogP contribution < -0.4 is 20.1 Å². The van der Waals surface area contributed by atoms with E-state index in [1.165, 1.54) is 19.2 Å². The van der Waals surface area contributed by atoms with Gasteiger partial charge in [0.05, 0.1) is 19.3 Å². The molecule has 0 aliphatic rings. The molecule has 2 amide bonds. The lowest BCUT2D eigenvalue weighted by atomic mass is 10.2. The Morgan fingerprint density at radius 1 is 1.16 bits per heavy atom. The SMILES string of the molecule is CCNC(=O)[C@H](C)NC(=O)COC(=O)c1ccc(OCC)c(OC)c1. The maximum atomic E-state index is 12.0. The Morgan fingerprint density at radius 2 is 1.88 bits per heavy atom. The van der Waals surface area contributed by atoms with E-state index in [0.717, 1.165) is 0 Å². The summed E-state index contributed by atoms with van der Waals surface area (Å²) in [6, 6.07) is 3.88. The van der Waals surface area contributed by atoms with Crippen molar-refractivity contribution in [3.63, 3.8) is 0 Å². The van der Waals surface area contributed by atoms with Crippen LogP contribution in [0.3, 0.4) is 0 Å². The first kappa shape index (κ1) is 20.3. The summed E-state index contributed by atoms with van der Waals surface area (Å²) in [5, 5.41) is 5.03. The van der Waals surface area contributed by atoms with E-state index in [1.807, 2.05) is 6.92 Å². The maximum Gasteiger partial charge on any atom is 0.338 e. The van der Waals surface area contributed by atoms with Crippen LogP contribution in [-0.4, -0.2) is 50.7 Å². The zero-order valence-electron chi connectivity index (χ0n) is 14.9. The maximum absolute atomic E-state index is 12.0. The summed E-state index contributed by atoms with van der Waals surface area (Å²) in [6.07, 6.45) is 0. The second-order valence-corrected chi connectivity index (χ2v) is 5.06. The highest BCUT2D eigenvalue weighted by atomic mass is 16.5. The molecule has 1 atom stereocenters. The Morgan fingerprint density at radius 3 is 2.48 bits per heavy atom. The molecule has 8 heteroatoms. The van der Waals surface area contributed by atoms with Gasteiger partial charge in [-0.3, -0.25) is 9.59 Å². The molecule has 0 saturated carbocycles. The number of nitrogens with one attached hydrogen (secondary N) is 2. The third kappa shape index (κ3) is 6.33. The van der Waals surface area contributed by atoms with Crippen LogP contribution in [0.2, 0.25) is 0 Å². The summed E-state index contributed by atoms with van der Waals surface area (Å²) >= 11 is 0. The zero-order valence-corrected chi connectivity index (χ0v) is 14.9. The van der Waals surface area contributed by atoms with Gasteiger partial charge in [-0.05, 0) is 39.0 Å². The van der Waals surface area contributed by atoms with E-state index in [0.29, 0.717) is 24.7 Å². The number of ether oxygens (including phenoxy) is 3. The van der Waals surface area contributed by atoms with Crippen molar-refractivity contribution in [1.82, 2.24) is 10.6 Å². The lowest BCUT2D eigenvalue weighted by molar-refractivity contribution is -0.130. The van der Waals surface area contributed by atoms with Crippen LogP contribution in [0.25, 0.3) is 0 Å². The first-order valence-corrected chi connectivity index (χ1v) is 7.97. The van der Waals surface area contributed by atoms with Gasteiger partial charge in [-0.25, -0.2) is 4.79 Å². The van der Waals surface area contributed by atoms with Crippen LogP contribution in [-0.2, 0) is 14.3 Å². The van der Waals surface area contributed by atoms with Gasteiger partial charge in [0.15, 0.2) is 18.1 Å². The molecule has 0 spiro atoms. The molecule has 2 N–H and O–H groups in total. The minimum absolute atomic E-state index is 0.227. The minimum atomic E-state index is -0.711. The summed E-state index contributed by atoms with van der Waals surface area (Å²) in [4.78, 5) is 35.3. The number of likely N-dealkylation sites (N-methyl/N-ethyl adjacent to an activating group) is 1. The van der Waals surface area contributed by atoms with Gasteiger partial charge in [-0.2, -0.15) is 0 Å². The summed E-state index contributed by atoms with van der Waals surface area (Å²) in [5.74, 6) is -0.647. The van der Waals surface area contributed by atoms with Crippen molar-refractivity contribution < 1.29 is 28.6 Å². The minimum Gasteiger partial charge on any atom is -0.493 e. The van der Waals surface area contributed by atoms with Gasteiger partial charge in [0.2, 0.25) is 5.91 Å². The Hall–Kier alpha value is -2.77. The molecule has 0 aliphatic carbocycles. The second kappa shape index (κ2) is 10.2. The molecule has 138 valence electrons. The van der Waals surface area contributed by atoms with Crippen LogP contribution in [0.4, 0.5) is 0 Å². The van der Waals surface area contributed by atoms with Crippen molar-refractivity contribution in [3.05, 3.63) is 23.8 Å². The number of methoxy groups -OCH3 is 1. The van der Waals surface area contributed by atoms with E-state index in [2.05, 4.69) is 10.6 Å². The predicted octanol–water partition coefficient (Wildman–Crippen LogP) is 0.892. The number of carbonyl (C=O) groups excluding carboxylic acids is 3. The predicted molar refractivity (Wildman–Crippen MR) is 90.7 cm³/mol. The monoisotopic (exact) mass is 352 g/mol. The van der Waals surface area contributed by atoms with Gasteiger partial charge in [0.25, 0.3) is 5.91 Å². The molecular formula is C17H24N2O6. The molecule has 1 rings (SSSR count). The quantitative estimate of drug-likeness (QED) is 0.640. The number of benzene rings is 1. The fourth-order valence-corrected chi connectivity index (χ4v) is 1.96. The molecule has 1 aromatic rings. The van der Waals surface area contributed by atoms with E-state index in [1.54, 1.807) is 19.9 Å². The number of amides is 2. The van der Waals surface area contributed by atoms with Gasteiger partial charge in [0, 0.05) is 6.54 Å². The molecule has 0 aromatic heterocycles. The summed E-state index contributed by atoms with van der Waals surface area (Å²) in [5.41, 5.74) is 0.227. The summed E-state index contributed by atoms with van der Waals surface area (Å²) in [6.45, 7) is 5.60. The highest BCUT2D eigenvalue weighted by molar-refractivity contribution is 5.93. The van der Waals surface area contributed by atoms with Crippen molar-refractivity contribution in [2.24, 2.45) is 0 Å². The molecule has 0 heterocycles. The average Bonchev–Trinajstić information content (AvgIpc) is 2.60. The van der Waals surface area contributed by atoms with Crippen molar-refractivity contribution in [2.75, 3.05) is 26.9 Å². The number of rotatable bonds is 9. The largest absolute Gasteiger partial charge is 0.493 e. The third-order valence-electron chi connectivity index (χ3n) is 3.16. The number of esters is 1. The van der Waals surface area contributed by atoms with Crippen LogP contribution in [0.15, 0.2) is 18.2 Å². The van der Waals surface area contributed by atoms with E-state index < -0.39 is 24.5 Å².